The molecule has 3 rings (SSSR count). The summed E-state index contributed by atoms with van der Waals surface area (Å²) in [6.07, 6.45) is 7.19. The number of aromatic nitrogens is 2. The average Bonchev–Trinajstić information content (AvgIpc) is 2.91. The summed E-state index contributed by atoms with van der Waals surface area (Å²) in [7, 11) is 0. The van der Waals surface area contributed by atoms with Crippen LogP contribution < -0.4 is 5.56 Å². The second-order valence-electron chi connectivity index (χ2n) is 5.50. The van der Waals surface area contributed by atoms with Crippen molar-refractivity contribution in [1.29, 1.82) is 0 Å². The Morgan fingerprint density at radius 3 is 2.94 bits per heavy atom. The Balaban J connectivity index is 1.86. The smallest absolute Gasteiger partial charge is 0.266 e. The highest BCUT2D eigenvalue weighted by molar-refractivity contribution is 14.1. The lowest BCUT2D eigenvalue weighted by Gasteiger charge is -2.23. The van der Waals surface area contributed by atoms with Crippen LogP contribution in [0.15, 0.2) is 11.0 Å². The van der Waals surface area contributed by atoms with Gasteiger partial charge in [-0.15, -0.1) is 0 Å². The summed E-state index contributed by atoms with van der Waals surface area (Å²) in [4.78, 5) is 16.4. The Morgan fingerprint density at radius 2 is 2.29 bits per heavy atom. The monoisotopic (exact) mass is 344 g/mol. The van der Waals surface area contributed by atoms with Crippen LogP contribution >= 0.6 is 22.6 Å². The molecule has 0 spiro atoms. The summed E-state index contributed by atoms with van der Waals surface area (Å²) in [5, 5.41) is 0. The van der Waals surface area contributed by atoms with E-state index in [1.165, 1.54) is 25.7 Å². The van der Waals surface area contributed by atoms with Crippen molar-refractivity contribution in [3.8, 4) is 0 Å². The molecular weight excluding hydrogens is 327 g/mol. The summed E-state index contributed by atoms with van der Waals surface area (Å²) in [5.74, 6) is 3.38. The predicted octanol–water partition coefficient (Wildman–Crippen LogP) is 2.59. The van der Waals surface area contributed by atoms with Gasteiger partial charge in [0.1, 0.15) is 5.82 Å². The maximum absolute atomic E-state index is 12.1. The van der Waals surface area contributed by atoms with Crippen LogP contribution in [0.2, 0.25) is 0 Å². The molecule has 0 aliphatic heterocycles. The second-order valence-corrected chi connectivity index (χ2v) is 6.67. The topological polar surface area (TPSA) is 34.9 Å². The van der Waals surface area contributed by atoms with E-state index in [-0.39, 0.29) is 5.56 Å². The Bertz CT molecular complexity index is 497. The highest BCUT2D eigenvalue weighted by Gasteiger charge is 2.39. The molecule has 3 unspecified atom stereocenters. The van der Waals surface area contributed by atoms with Gasteiger partial charge in [-0.3, -0.25) is 9.36 Å². The van der Waals surface area contributed by atoms with E-state index in [9.17, 15) is 4.79 Å². The van der Waals surface area contributed by atoms with E-state index in [1.807, 2.05) is 11.5 Å². The third-order valence-corrected chi connectivity index (χ3v) is 5.25. The number of rotatable bonds is 2. The van der Waals surface area contributed by atoms with Crippen molar-refractivity contribution in [2.75, 3.05) is 0 Å². The molecule has 2 aliphatic rings. The molecule has 4 heteroatoms. The van der Waals surface area contributed by atoms with Gasteiger partial charge in [0.15, 0.2) is 0 Å². The minimum Gasteiger partial charge on any atom is -0.296 e. The fourth-order valence-electron chi connectivity index (χ4n) is 3.60. The van der Waals surface area contributed by atoms with Crippen LogP contribution in [0.1, 0.15) is 31.5 Å². The minimum atomic E-state index is 0.140. The van der Waals surface area contributed by atoms with Gasteiger partial charge in [0.05, 0.1) is 3.57 Å². The molecule has 3 nitrogen and oxygen atoms in total. The number of hydrogen-bond donors (Lipinski definition) is 0. The first-order valence-electron chi connectivity index (χ1n) is 6.37. The van der Waals surface area contributed by atoms with E-state index in [0.717, 1.165) is 27.8 Å². The molecule has 0 amide bonds. The summed E-state index contributed by atoms with van der Waals surface area (Å²) in [6, 6.07) is 0. The number of nitrogens with zero attached hydrogens (tertiary/aromatic N) is 2. The van der Waals surface area contributed by atoms with Gasteiger partial charge in [-0.05, 0) is 66.5 Å². The lowest BCUT2D eigenvalue weighted by molar-refractivity contribution is 0.289. The largest absolute Gasteiger partial charge is 0.296 e. The molecule has 2 saturated carbocycles. The van der Waals surface area contributed by atoms with Crippen molar-refractivity contribution in [1.82, 2.24) is 9.55 Å². The summed E-state index contributed by atoms with van der Waals surface area (Å²) >= 11 is 2.08. The third kappa shape index (κ3) is 2.04. The average molecular weight is 344 g/mol. The van der Waals surface area contributed by atoms with Crippen molar-refractivity contribution in [3.05, 3.63) is 25.9 Å². The van der Waals surface area contributed by atoms with Gasteiger partial charge in [-0.1, -0.05) is 6.42 Å². The minimum absolute atomic E-state index is 0.140. The van der Waals surface area contributed by atoms with Crippen molar-refractivity contribution in [2.45, 2.75) is 39.2 Å². The van der Waals surface area contributed by atoms with Gasteiger partial charge in [0, 0.05) is 12.7 Å². The first kappa shape index (κ1) is 11.7. The van der Waals surface area contributed by atoms with Crippen LogP contribution in [0.25, 0.3) is 0 Å². The van der Waals surface area contributed by atoms with Crippen molar-refractivity contribution < 1.29 is 0 Å². The van der Waals surface area contributed by atoms with E-state index in [2.05, 4.69) is 27.6 Å². The zero-order valence-electron chi connectivity index (χ0n) is 10.0. The number of aryl methyl sites for hydroxylation is 1. The molecule has 0 aromatic carbocycles. The van der Waals surface area contributed by atoms with E-state index < -0.39 is 0 Å². The zero-order valence-corrected chi connectivity index (χ0v) is 12.2. The quantitative estimate of drug-likeness (QED) is 0.773. The maximum Gasteiger partial charge on any atom is 0.266 e. The maximum atomic E-state index is 12.1. The number of fused-ring (bicyclic) bond motifs is 2. The number of halogens is 1. The lowest BCUT2D eigenvalue weighted by Crippen LogP contribution is -2.30. The first-order valence-corrected chi connectivity index (χ1v) is 7.45. The fraction of sp³-hybridized carbons (Fsp3) is 0.692. The summed E-state index contributed by atoms with van der Waals surface area (Å²) < 4.78 is 2.61. The molecule has 92 valence electrons. The molecule has 0 saturated heterocycles. The number of hydrogen-bond acceptors (Lipinski definition) is 2. The second kappa shape index (κ2) is 4.37. The molecule has 2 fully saturated rings. The van der Waals surface area contributed by atoms with Crippen molar-refractivity contribution in [3.63, 3.8) is 0 Å². The SMILES string of the molecule is Cc1ncc(I)c(=O)n1CC1CC2CCC1C2. The molecule has 3 atom stereocenters. The van der Waals surface area contributed by atoms with Gasteiger partial charge < -0.3 is 0 Å². The van der Waals surface area contributed by atoms with Gasteiger partial charge in [-0.25, -0.2) is 4.98 Å². The highest BCUT2D eigenvalue weighted by atomic mass is 127. The van der Waals surface area contributed by atoms with Gasteiger partial charge in [0.25, 0.3) is 5.56 Å². The van der Waals surface area contributed by atoms with Crippen molar-refractivity contribution in [2.24, 2.45) is 17.8 Å². The van der Waals surface area contributed by atoms with E-state index >= 15 is 0 Å². The fourth-order valence-corrected chi connectivity index (χ4v) is 4.03. The van der Waals surface area contributed by atoms with Crippen LogP contribution in [0.5, 0.6) is 0 Å². The molecule has 1 aromatic rings. The Hall–Kier alpha value is -0.390. The van der Waals surface area contributed by atoms with Gasteiger partial charge in [-0.2, -0.15) is 0 Å². The predicted molar refractivity (Wildman–Crippen MR) is 74.9 cm³/mol. The molecule has 1 aromatic heterocycles. The van der Waals surface area contributed by atoms with E-state index in [0.29, 0.717) is 5.92 Å². The molecule has 2 aliphatic carbocycles. The van der Waals surface area contributed by atoms with Crippen LogP contribution in [0.3, 0.4) is 0 Å². The van der Waals surface area contributed by atoms with Gasteiger partial charge in [0.2, 0.25) is 0 Å². The molecule has 0 radical (unpaired) electrons. The molecule has 0 N–H and O–H groups in total. The van der Waals surface area contributed by atoms with Crippen LogP contribution in [-0.2, 0) is 6.54 Å². The Kier molecular flexibility index (Phi) is 3.00. The summed E-state index contributed by atoms with van der Waals surface area (Å²) in [6.45, 7) is 2.82. The molecular formula is C13H17IN2O. The zero-order chi connectivity index (χ0) is 12.0. The summed E-state index contributed by atoms with van der Waals surface area (Å²) in [5.41, 5.74) is 0.140. The van der Waals surface area contributed by atoms with Crippen molar-refractivity contribution >= 4 is 22.6 Å². The third-order valence-electron chi connectivity index (χ3n) is 4.51. The molecule has 17 heavy (non-hydrogen) atoms. The standard InChI is InChI=1S/C13H17IN2O/c1-8-15-6-12(14)13(17)16(8)7-11-5-9-2-3-10(11)4-9/h6,9-11H,2-5,7H2,1H3. The first-order chi connectivity index (χ1) is 8.15. The lowest BCUT2D eigenvalue weighted by atomic mass is 9.89. The van der Waals surface area contributed by atoms with Crippen LogP contribution in [-0.4, -0.2) is 9.55 Å². The van der Waals surface area contributed by atoms with E-state index in [1.54, 1.807) is 6.20 Å². The highest BCUT2D eigenvalue weighted by Crippen LogP contribution is 2.48. The molecule has 2 bridgehead atoms. The van der Waals surface area contributed by atoms with Crippen LogP contribution in [0.4, 0.5) is 0 Å². The normalized spacial score (nSPS) is 31.1. The Morgan fingerprint density at radius 1 is 1.47 bits per heavy atom. The van der Waals surface area contributed by atoms with Crippen LogP contribution in [0, 0.1) is 28.2 Å². The Labute approximate surface area is 115 Å². The van der Waals surface area contributed by atoms with Gasteiger partial charge >= 0.3 is 0 Å². The molecule has 1 heterocycles. The van der Waals surface area contributed by atoms with E-state index in [4.69, 9.17) is 0 Å².